The first-order chi connectivity index (χ1) is 13.7. The van der Waals surface area contributed by atoms with Crippen LogP contribution in [0.4, 0.5) is 0 Å². The van der Waals surface area contributed by atoms with Crippen LogP contribution in [0, 0.1) is 0 Å². The number of esters is 1. The molecule has 1 amide bonds. The lowest BCUT2D eigenvalue weighted by Gasteiger charge is -2.30. The van der Waals surface area contributed by atoms with Crippen molar-refractivity contribution < 1.29 is 14.3 Å². The molecule has 0 unspecified atom stereocenters. The first-order valence-electron chi connectivity index (χ1n) is 9.28. The van der Waals surface area contributed by atoms with E-state index in [1.54, 1.807) is 16.7 Å². The Morgan fingerprint density at radius 2 is 2.07 bits per heavy atom. The van der Waals surface area contributed by atoms with E-state index in [-0.39, 0.29) is 22.9 Å². The van der Waals surface area contributed by atoms with Crippen LogP contribution in [0.15, 0.2) is 35.5 Å². The van der Waals surface area contributed by atoms with Crippen LogP contribution < -0.4 is 0 Å². The first kappa shape index (κ1) is 19.3. The number of hydrogen-bond donors (Lipinski definition) is 0. The van der Waals surface area contributed by atoms with Crippen molar-refractivity contribution in [2.75, 3.05) is 31.7 Å². The Balaban J connectivity index is 1.41. The number of carbonyl (C=O) groups is 2. The summed E-state index contributed by atoms with van der Waals surface area (Å²) < 4.78 is 6.71. The molecule has 2 heterocycles. The van der Waals surface area contributed by atoms with Crippen molar-refractivity contribution in [2.24, 2.45) is 0 Å². The number of amides is 1. The SMILES string of the molecule is COC(=O)[C@H]1CN(C(=O)CSc2nc(C3CC3)n(-c3ccccc3)n2)CCS1. The van der Waals surface area contributed by atoms with Crippen molar-refractivity contribution in [2.45, 2.75) is 29.2 Å². The topological polar surface area (TPSA) is 77.3 Å². The van der Waals surface area contributed by atoms with Gasteiger partial charge in [0.2, 0.25) is 11.1 Å². The van der Waals surface area contributed by atoms with Gasteiger partial charge in [0.15, 0.2) is 0 Å². The summed E-state index contributed by atoms with van der Waals surface area (Å²) in [5.41, 5.74) is 0.990. The van der Waals surface area contributed by atoms with Gasteiger partial charge >= 0.3 is 5.97 Å². The maximum absolute atomic E-state index is 12.6. The third-order valence-electron chi connectivity index (χ3n) is 4.76. The molecule has 2 fully saturated rings. The number of nitrogens with zero attached hydrogens (tertiary/aromatic N) is 4. The highest BCUT2D eigenvalue weighted by Gasteiger charge is 2.32. The summed E-state index contributed by atoms with van der Waals surface area (Å²) >= 11 is 2.90. The molecule has 1 atom stereocenters. The highest BCUT2D eigenvalue weighted by molar-refractivity contribution is 8.00. The van der Waals surface area contributed by atoms with Crippen LogP contribution in [0.2, 0.25) is 0 Å². The minimum atomic E-state index is -0.301. The van der Waals surface area contributed by atoms with E-state index in [0.717, 1.165) is 30.1 Å². The molecule has 1 saturated heterocycles. The Bertz CT molecular complexity index is 854. The third kappa shape index (κ3) is 4.35. The fourth-order valence-corrected chi connectivity index (χ4v) is 4.96. The average molecular weight is 419 g/mol. The molecule has 0 radical (unpaired) electrons. The lowest BCUT2D eigenvalue weighted by molar-refractivity contribution is -0.141. The van der Waals surface area contributed by atoms with Gasteiger partial charge in [-0.2, -0.15) is 0 Å². The zero-order valence-electron chi connectivity index (χ0n) is 15.6. The molecule has 2 aliphatic rings. The highest BCUT2D eigenvalue weighted by atomic mass is 32.2. The monoisotopic (exact) mass is 418 g/mol. The van der Waals surface area contributed by atoms with E-state index in [2.05, 4.69) is 10.1 Å². The van der Waals surface area contributed by atoms with E-state index in [0.29, 0.717) is 24.2 Å². The molecule has 1 saturated carbocycles. The largest absolute Gasteiger partial charge is 0.468 e. The second-order valence-electron chi connectivity index (χ2n) is 6.79. The van der Waals surface area contributed by atoms with Crippen LogP contribution in [-0.2, 0) is 14.3 Å². The van der Waals surface area contributed by atoms with Gasteiger partial charge < -0.3 is 9.64 Å². The average Bonchev–Trinajstić information content (AvgIpc) is 3.51. The molecule has 2 aromatic rings. The molecular formula is C19H22N4O3S2. The van der Waals surface area contributed by atoms with Crippen molar-refractivity contribution in [3.8, 4) is 5.69 Å². The number of thioether (sulfide) groups is 2. The molecule has 0 spiro atoms. The zero-order valence-corrected chi connectivity index (χ0v) is 17.2. The maximum Gasteiger partial charge on any atom is 0.320 e. The molecule has 28 heavy (non-hydrogen) atoms. The lowest BCUT2D eigenvalue weighted by Crippen LogP contribution is -2.45. The van der Waals surface area contributed by atoms with Crippen molar-refractivity contribution in [3.63, 3.8) is 0 Å². The molecule has 7 nitrogen and oxygen atoms in total. The van der Waals surface area contributed by atoms with Crippen LogP contribution in [0.1, 0.15) is 24.6 Å². The predicted molar refractivity (Wildman–Crippen MR) is 109 cm³/mol. The van der Waals surface area contributed by atoms with Crippen molar-refractivity contribution in [1.29, 1.82) is 0 Å². The third-order valence-corrected chi connectivity index (χ3v) is 6.75. The molecule has 1 aliphatic carbocycles. The Kier molecular flexibility index (Phi) is 5.91. The van der Waals surface area contributed by atoms with Gasteiger partial charge in [-0.1, -0.05) is 30.0 Å². The number of benzene rings is 1. The zero-order chi connectivity index (χ0) is 19.5. The standard InChI is InChI=1S/C19H22N4O3S2/c1-26-18(25)15-11-22(9-10-27-15)16(24)12-28-19-20-17(13-7-8-13)23(21-19)14-5-3-2-4-6-14/h2-6,13,15H,7-12H2,1H3/t15-/m1/s1. The van der Waals surface area contributed by atoms with Crippen molar-refractivity contribution in [3.05, 3.63) is 36.2 Å². The smallest absolute Gasteiger partial charge is 0.320 e. The molecule has 9 heteroatoms. The van der Waals surface area contributed by atoms with Gasteiger partial charge in [-0.05, 0) is 25.0 Å². The van der Waals surface area contributed by atoms with Gasteiger partial charge in [-0.15, -0.1) is 16.9 Å². The normalized spacial score (nSPS) is 19.5. The lowest BCUT2D eigenvalue weighted by atomic mass is 10.3. The van der Waals surface area contributed by atoms with Gasteiger partial charge in [-0.25, -0.2) is 9.67 Å². The van der Waals surface area contributed by atoms with Crippen molar-refractivity contribution >= 4 is 35.4 Å². The highest BCUT2D eigenvalue weighted by Crippen LogP contribution is 2.40. The fraction of sp³-hybridized carbons (Fsp3) is 0.474. The maximum atomic E-state index is 12.6. The number of aromatic nitrogens is 3. The molecule has 1 aromatic carbocycles. The number of carbonyl (C=O) groups excluding carboxylic acids is 2. The van der Waals surface area contributed by atoms with Crippen LogP contribution in [0.5, 0.6) is 0 Å². The summed E-state index contributed by atoms with van der Waals surface area (Å²) in [7, 11) is 1.38. The second-order valence-corrected chi connectivity index (χ2v) is 9.04. The fourth-order valence-electron chi connectivity index (χ4n) is 3.10. The summed E-state index contributed by atoms with van der Waals surface area (Å²) in [4.78, 5) is 30.8. The van der Waals surface area contributed by atoms with Gasteiger partial charge in [0.05, 0.1) is 18.6 Å². The van der Waals surface area contributed by atoms with Crippen molar-refractivity contribution in [1.82, 2.24) is 19.7 Å². The van der Waals surface area contributed by atoms with Gasteiger partial charge in [0.1, 0.15) is 11.1 Å². The van der Waals surface area contributed by atoms with Gasteiger partial charge in [0, 0.05) is 24.8 Å². The molecule has 0 N–H and O–H groups in total. The summed E-state index contributed by atoms with van der Waals surface area (Å²) in [6.07, 6.45) is 2.27. The summed E-state index contributed by atoms with van der Waals surface area (Å²) in [5, 5.41) is 4.95. The molecule has 0 bridgehead atoms. The minimum Gasteiger partial charge on any atom is -0.468 e. The van der Waals surface area contributed by atoms with E-state index in [1.165, 1.54) is 18.9 Å². The molecule has 4 rings (SSSR count). The summed E-state index contributed by atoms with van der Waals surface area (Å²) in [5.74, 6) is 2.17. The van der Waals surface area contributed by atoms with Crippen LogP contribution >= 0.6 is 23.5 Å². The van der Waals surface area contributed by atoms with Crippen LogP contribution in [0.25, 0.3) is 5.69 Å². The van der Waals surface area contributed by atoms with Gasteiger partial charge in [-0.3, -0.25) is 9.59 Å². The number of para-hydroxylation sites is 1. The van der Waals surface area contributed by atoms with Crippen LogP contribution in [-0.4, -0.2) is 68.5 Å². The first-order valence-corrected chi connectivity index (χ1v) is 11.3. The second kappa shape index (κ2) is 8.57. The quantitative estimate of drug-likeness (QED) is 0.526. The molecule has 1 aromatic heterocycles. The summed E-state index contributed by atoms with van der Waals surface area (Å²) in [6.45, 7) is 1.05. The minimum absolute atomic E-state index is 0.00300. The Labute approximate surface area is 172 Å². The Morgan fingerprint density at radius 1 is 1.29 bits per heavy atom. The molecule has 1 aliphatic heterocycles. The Hall–Kier alpha value is -2.00. The van der Waals surface area contributed by atoms with E-state index in [9.17, 15) is 9.59 Å². The molecule has 148 valence electrons. The summed E-state index contributed by atoms with van der Waals surface area (Å²) in [6, 6.07) is 9.97. The van der Waals surface area contributed by atoms with E-state index < -0.39 is 0 Å². The van der Waals surface area contributed by atoms with E-state index in [1.807, 2.05) is 35.0 Å². The Morgan fingerprint density at radius 3 is 2.79 bits per heavy atom. The van der Waals surface area contributed by atoms with Gasteiger partial charge in [0.25, 0.3) is 0 Å². The number of rotatable bonds is 6. The predicted octanol–water partition coefficient (Wildman–Crippen LogP) is 2.35. The number of methoxy groups -OCH3 is 1. The number of ether oxygens (including phenoxy) is 1. The van der Waals surface area contributed by atoms with E-state index in [4.69, 9.17) is 4.74 Å². The molecular weight excluding hydrogens is 396 g/mol. The number of hydrogen-bond acceptors (Lipinski definition) is 7. The van der Waals surface area contributed by atoms with E-state index >= 15 is 0 Å². The van der Waals surface area contributed by atoms with Crippen LogP contribution in [0.3, 0.4) is 0 Å².